The van der Waals surface area contributed by atoms with Gasteiger partial charge in [-0.15, -0.1) is 0 Å². The minimum Gasteiger partial charge on any atom is -0.465 e. The molecule has 0 radical (unpaired) electrons. The number of benzene rings is 2. The van der Waals surface area contributed by atoms with Crippen molar-refractivity contribution >= 4 is 23.5 Å². The first kappa shape index (κ1) is 16.5. The molecule has 0 fully saturated rings. The van der Waals surface area contributed by atoms with E-state index in [1.165, 1.54) is 0 Å². The Morgan fingerprint density at radius 2 is 2.08 bits per heavy atom. The number of aliphatic imine (C=N–C) groups is 1. The van der Waals surface area contributed by atoms with Gasteiger partial charge in [0.05, 0.1) is 6.61 Å². The largest absolute Gasteiger partial charge is 0.465 e. The Balaban J connectivity index is 1.99. The fraction of sp³-hybridized carbons (Fsp3) is 0.222. The molecule has 5 nitrogen and oxygen atoms in total. The van der Waals surface area contributed by atoms with Gasteiger partial charge >= 0.3 is 6.09 Å². The number of amidine groups is 1. The summed E-state index contributed by atoms with van der Waals surface area (Å²) in [5.41, 5.74) is 2.19. The van der Waals surface area contributed by atoms with Crippen molar-refractivity contribution in [3.8, 4) is 11.1 Å². The highest BCUT2D eigenvalue weighted by atomic mass is 35.5. The van der Waals surface area contributed by atoms with Crippen molar-refractivity contribution in [3.63, 3.8) is 0 Å². The van der Waals surface area contributed by atoms with Gasteiger partial charge in [-0.2, -0.15) is 0 Å². The molecule has 0 saturated carbocycles. The molecular weight excluding hydrogens is 328 g/mol. The summed E-state index contributed by atoms with van der Waals surface area (Å²) in [5.74, 6) is 0.305. The van der Waals surface area contributed by atoms with Crippen LogP contribution in [0.2, 0.25) is 5.02 Å². The summed E-state index contributed by atoms with van der Waals surface area (Å²) in [6.45, 7) is 2.46. The number of hydrogen-bond donors (Lipinski definition) is 2. The number of carbonyl (C=O) groups is 1. The van der Waals surface area contributed by atoms with Crippen LogP contribution < -0.4 is 5.32 Å². The number of rotatable bonds is 2. The maximum absolute atomic E-state index is 10.8. The van der Waals surface area contributed by atoms with Gasteiger partial charge in [0.25, 0.3) is 0 Å². The molecule has 1 unspecified atom stereocenters. The molecule has 124 valence electrons. The zero-order chi connectivity index (χ0) is 17.2. The van der Waals surface area contributed by atoms with Gasteiger partial charge in [-0.1, -0.05) is 48.0 Å². The third-order valence-electron chi connectivity index (χ3n) is 3.92. The molecule has 1 atom stereocenters. The predicted octanol–water partition coefficient (Wildman–Crippen LogP) is 3.92. The Morgan fingerprint density at radius 3 is 2.83 bits per heavy atom. The molecule has 6 heteroatoms. The summed E-state index contributed by atoms with van der Waals surface area (Å²) in [5, 5.41) is 11.8. The Kier molecular flexibility index (Phi) is 4.55. The van der Waals surface area contributed by atoms with Crippen LogP contribution >= 0.6 is 11.6 Å². The van der Waals surface area contributed by atoms with Gasteiger partial charge < -0.3 is 9.84 Å². The van der Waals surface area contributed by atoms with E-state index in [9.17, 15) is 4.79 Å². The smallest absolute Gasteiger partial charge is 0.410 e. The van der Waals surface area contributed by atoms with Crippen LogP contribution in [0, 0.1) is 0 Å². The van der Waals surface area contributed by atoms with Crippen molar-refractivity contribution in [1.82, 2.24) is 5.32 Å². The van der Waals surface area contributed by atoms with Gasteiger partial charge in [0.1, 0.15) is 18.0 Å². The minimum atomic E-state index is -1.15. The summed E-state index contributed by atoms with van der Waals surface area (Å²) in [6.07, 6.45) is -1.15. The monoisotopic (exact) mass is 344 g/mol. The molecule has 2 aromatic carbocycles. The molecule has 0 saturated heterocycles. The van der Waals surface area contributed by atoms with E-state index >= 15 is 0 Å². The molecule has 2 N–H and O–H groups in total. The molecule has 0 spiro atoms. The van der Waals surface area contributed by atoms with Crippen LogP contribution in [0.15, 0.2) is 53.5 Å². The van der Waals surface area contributed by atoms with Gasteiger partial charge in [-0.05, 0) is 30.2 Å². The predicted molar refractivity (Wildman–Crippen MR) is 93.7 cm³/mol. The SMILES string of the molecule is CC1(c2cccc(-c3ccccc3Cl)c2)COCC(NC(=O)O)=N1. The van der Waals surface area contributed by atoms with Crippen molar-refractivity contribution in [2.24, 2.45) is 4.99 Å². The topological polar surface area (TPSA) is 70.9 Å². The summed E-state index contributed by atoms with van der Waals surface area (Å²) in [4.78, 5) is 15.4. The second-order valence-corrected chi connectivity index (χ2v) is 6.22. The normalized spacial score (nSPS) is 20.3. The summed E-state index contributed by atoms with van der Waals surface area (Å²) >= 11 is 6.28. The highest BCUT2D eigenvalue weighted by Gasteiger charge is 2.31. The highest BCUT2D eigenvalue weighted by Crippen LogP contribution is 2.33. The van der Waals surface area contributed by atoms with Crippen LogP contribution in [-0.2, 0) is 10.3 Å². The third kappa shape index (κ3) is 3.42. The van der Waals surface area contributed by atoms with Gasteiger partial charge in [0.15, 0.2) is 0 Å². The van der Waals surface area contributed by atoms with Gasteiger partial charge in [-0.25, -0.2) is 4.79 Å². The zero-order valence-electron chi connectivity index (χ0n) is 13.1. The zero-order valence-corrected chi connectivity index (χ0v) is 13.9. The minimum absolute atomic E-state index is 0.159. The van der Waals surface area contributed by atoms with Crippen molar-refractivity contribution in [2.75, 3.05) is 13.2 Å². The van der Waals surface area contributed by atoms with Crippen LogP contribution in [0.5, 0.6) is 0 Å². The van der Waals surface area contributed by atoms with E-state index in [1.54, 1.807) is 0 Å². The summed E-state index contributed by atoms with van der Waals surface area (Å²) in [7, 11) is 0. The van der Waals surface area contributed by atoms with E-state index in [1.807, 2.05) is 55.5 Å². The van der Waals surface area contributed by atoms with Gasteiger partial charge in [-0.3, -0.25) is 10.3 Å². The molecule has 0 bridgehead atoms. The summed E-state index contributed by atoms with van der Waals surface area (Å²) < 4.78 is 5.54. The molecule has 1 aliphatic rings. The highest BCUT2D eigenvalue weighted by molar-refractivity contribution is 6.33. The van der Waals surface area contributed by atoms with E-state index in [0.717, 1.165) is 16.7 Å². The Morgan fingerprint density at radius 1 is 1.29 bits per heavy atom. The number of ether oxygens (including phenoxy) is 1. The number of nitrogens with zero attached hydrogens (tertiary/aromatic N) is 1. The number of halogens is 1. The van der Waals surface area contributed by atoms with Crippen LogP contribution in [0.4, 0.5) is 4.79 Å². The Labute approximate surface area is 144 Å². The average molecular weight is 345 g/mol. The fourth-order valence-corrected chi connectivity index (χ4v) is 3.01. The second kappa shape index (κ2) is 6.63. The number of nitrogens with one attached hydrogen (secondary N) is 1. The fourth-order valence-electron chi connectivity index (χ4n) is 2.76. The lowest BCUT2D eigenvalue weighted by Gasteiger charge is -2.31. The number of hydrogen-bond acceptors (Lipinski definition) is 3. The molecule has 0 aliphatic carbocycles. The van der Waals surface area contributed by atoms with Crippen molar-refractivity contribution in [2.45, 2.75) is 12.5 Å². The van der Waals surface area contributed by atoms with Crippen LogP contribution in [0.25, 0.3) is 11.1 Å². The first-order chi connectivity index (χ1) is 11.5. The van der Waals surface area contributed by atoms with E-state index in [0.29, 0.717) is 17.5 Å². The molecular formula is C18H17ClN2O3. The lowest BCUT2D eigenvalue weighted by Crippen LogP contribution is -2.42. The lowest BCUT2D eigenvalue weighted by atomic mass is 9.90. The maximum Gasteiger partial charge on any atom is 0.410 e. The average Bonchev–Trinajstić information content (AvgIpc) is 2.55. The summed E-state index contributed by atoms with van der Waals surface area (Å²) in [6, 6.07) is 15.5. The van der Waals surface area contributed by atoms with Gasteiger partial charge in [0, 0.05) is 10.6 Å². The van der Waals surface area contributed by atoms with Crippen LogP contribution in [0.3, 0.4) is 0 Å². The van der Waals surface area contributed by atoms with Crippen molar-refractivity contribution in [1.29, 1.82) is 0 Å². The van der Waals surface area contributed by atoms with E-state index in [4.69, 9.17) is 21.4 Å². The van der Waals surface area contributed by atoms with E-state index in [2.05, 4.69) is 10.3 Å². The van der Waals surface area contributed by atoms with Crippen LogP contribution in [0.1, 0.15) is 12.5 Å². The molecule has 3 rings (SSSR count). The maximum atomic E-state index is 10.8. The first-order valence-corrected chi connectivity index (χ1v) is 7.88. The lowest BCUT2D eigenvalue weighted by molar-refractivity contribution is 0.104. The number of carboxylic acid groups (broad SMARTS) is 1. The van der Waals surface area contributed by atoms with Gasteiger partial charge in [0.2, 0.25) is 0 Å². The Hall–Kier alpha value is -2.37. The first-order valence-electron chi connectivity index (χ1n) is 7.50. The second-order valence-electron chi connectivity index (χ2n) is 5.82. The Bertz CT molecular complexity index is 806. The molecule has 1 heterocycles. The standard InChI is InChI=1S/C18H17ClN2O3/c1-18(11-24-10-16(21-18)20-17(22)23)13-6-4-5-12(9-13)14-7-2-3-8-15(14)19/h2-9H,10-11H2,1H3,(H,20,21)(H,22,23). The molecule has 0 aromatic heterocycles. The molecule has 24 heavy (non-hydrogen) atoms. The number of amides is 1. The third-order valence-corrected chi connectivity index (χ3v) is 4.25. The van der Waals surface area contributed by atoms with E-state index < -0.39 is 11.6 Å². The van der Waals surface area contributed by atoms with Crippen LogP contribution in [-0.4, -0.2) is 30.2 Å². The van der Waals surface area contributed by atoms with Crippen molar-refractivity contribution < 1.29 is 14.6 Å². The molecule has 2 aromatic rings. The molecule has 1 amide bonds. The quantitative estimate of drug-likeness (QED) is 0.867. The van der Waals surface area contributed by atoms with E-state index in [-0.39, 0.29) is 6.61 Å². The van der Waals surface area contributed by atoms with Crippen molar-refractivity contribution in [3.05, 3.63) is 59.1 Å². The molecule has 1 aliphatic heterocycles.